The van der Waals surface area contributed by atoms with E-state index in [1.807, 2.05) is 0 Å². The van der Waals surface area contributed by atoms with Crippen molar-refractivity contribution in [3.05, 3.63) is 23.8 Å². The quantitative estimate of drug-likeness (QED) is 0.779. The molecule has 0 unspecified atom stereocenters. The number of benzene rings is 1. The molecule has 0 bridgehead atoms. The van der Waals surface area contributed by atoms with Crippen LogP contribution in [0.5, 0.6) is 11.5 Å². The Labute approximate surface area is 93.9 Å². The second-order valence-corrected chi connectivity index (χ2v) is 3.56. The van der Waals surface area contributed by atoms with Crippen LogP contribution in [0.15, 0.2) is 18.2 Å². The Morgan fingerprint density at radius 2 is 2.19 bits per heavy atom. The monoisotopic (exact) mass is 225 g/mol. The maximum Gasteiger partial charge on any atom is 0.317 e. The molecule has 0 saturated heterocycles. The van der Waals surface area contributed by atoms with Crippen LogP contribution in [-0.4, -0.2) is 41.8 Å². The summed E-state index contributed by atoms with van der Waals surface area (Å²) < 4.78 is 4.95. The first-order valence-electron chi connectivity index (χ1n) is 4.79. The van der Waals surface area contributed by atoms with Crippen molar-refractivity contribution < 1.29 is 19.7 Å². The number of phenols is 1. The number of carbonyl (C=O) groups is 1. The molecule has 5 heteroatoms. The molecule has 0 aliphatic rings. The zero-order valence-corrected chi connectivity index (χ0v) is 9.30. The lowest BCUT2D eigenvalue weighted by Crippen LogP contribution is -2.25. The van der Waals surface area contributed by atoms with Gasteiger partial charge in [-0.3, -0.25) is 9.69 Å². The molecule has 0 aliphatic heterocycles. The predicted molar refractivity (Wildman–Crippen MR) is 58.6 cm³/mol. The van der Waals surface area contributed by atoms with Crippen LogP contribution < -0.4 is 4.74 Å². The lowest BCUT2D eigenvalue weighted by Gasteiger charge is -2.15. The number of phenolic OH excluding ortho intramolecular Hbond substituents is 1. The van der Waals surface area contributed by atoms with Crippen LogP contribution in [0.2, 0.25) is 0 Å². The Kier molecular flexibility index (Phi) is 4.13. The number of aromatic hydroxyl groups is 1. The molecule has 0 heterocycles. The van der Waals surface area contributed by atoms with Crippen LogP contribution in [0.4, 0.5) is 0 Å². The third-order valence-corrected chi connectivity index (χ3v) is 2.14. The van der Waals surface area contributed by atoms with Crippen molar-refractivity contribution in [2.24, 2.45) is 0 Å². The molecule has 0 saturated carbocycles. The Morgan fingerprint density at radius 1 is 1.50 bits per heavy atom. The first-order chi connectivity index (χ1) is 7.52. The highest BCUT2D eigenvalue weighted by Gasteiger charge is 2.08. The highest BCUT2D eigenvalue weighted by atomic mass is 16.5. The van der Waals surface area contributed by atoms with E-state index < -0.39 is 5.97 Å². The summed E-state index contributed by atoms with van der Waals surface area (Å²) in [7, 11) is 3.20. The van der Waals surface area contributed by atoms with E-state index in [0.717, 1.165) is 0 Å². The first kappa shape index (κ1) is 12.3. The molecule has 16 heavy (non-hydrogen) atoms. The van der Waals surface area contributed by atoms with Crippen LogP contribution in [0.3, 0.4) is 0 Å². The van der Waals surface area contributed by atoms with Crippen molar-refractivity contribution in [3.63, 3.8) is 0 Å². The molecule has 0 radical (unpaired) electrons. The Hall–Kier alpha value is -1.75. The standard InChI is InChI=1S/C11H15NO4/c1-12(7-11(14)15)6-8-3-4-9(16-2)5-10(8)13/h3-5,13H,6-7H2,1-2H3,(H,14,15). The fourth-order valence-electron chi connectivity index (χ4n) is 1.38. The number of likely N-dealkylation sites (N-methyl/N-ethyl adjacent to an activating group) is 1. The molecule has 1 aromatic carbocycles. The van der Waals surface area contributed by atoms with Crippen LogP contribution in [0.1, 0.15) is 5.56 Å². The van der Waals surface area contributed by atoms with Gasteiger partial charge >= 0.3 is 5.97 Å². The van der Waals surface area contributed by atoms with Crippen LogP contribution in [0, 0.1) is 0 Å². The van der Waals surface area contributed by atoms with Crippen molar-refractivity contribution in [2.75, 3.05) is 20.7 Å². The fourth-order valence-corrected chi connectivity index (χ4v) is 1.38. The summed E-state index contributed by atoms with van der Waals surface area (Å²) in [6.45, 7) is 0.313. The van der Waals surface area contributed by atoms with Crippen LogP contribution in [-0.2, 0) is 11.3 Å². The van der Waals surface area contributed by atoms with Crippen molar-refractivity contribution >= 4 is 5.97 Å². The molecule has 0 atom stereocenters. The van der Waals surface area contributed by atoms with Gasteiger partial charge in [-0.2, -0.15) is 0 Å². The SMILES string of the molecule is COc1ccc(CN(C)CC(=O)O)c(O)c1. The molecule has 0 fully saturated rings. The number of carboxylic acids is 1. The highest BCUT2D eigenvalue weighted by Crippen LogP contribution is 2.24. The number of rotatable bonds is 5. The zero-order valence-electron chi connectivity index (χ0n) is 9.30. The summed E-state index contributed by atoms with van der Waals surface area (Å²) in [5.74, 6) is -0.214. The van der Waals surface area contributed by atoms with Gasteiger partial charge in [0.05, 0.1) is 13.7 Å². The molecule has 0 spiro atoms. The molecule has 1 aromatic rings. The minimum absolute atomic E-state index is 0.0640. The lowest BCUT2D eigenvalue weighted by molar-refractivity contribution is -0.138. The molecule has 5 nitrogen and oxygen atoms in total. The van der Waals surface area contributed by atoms with E-state index in [0.29, 0.717) is 17.9 Å². The molecule has 0 aliphatic carbocycles. The summed E-state index contributed by atoms with van der Waals surface area (Å²) in [4.78, 5) is 12.1. The molecular formula is C11H15NO4. The number of ether oxygens (including phenoxy) is 1. The van der Waals surface area contributed by atoms with E-state index in [1.54, 1.807) is 24.1 Å². The highest BCUT2D eigenvalue weighted by molar-refractivity contribution is 5.69. The smallest absolute Gasteiger partial charge is 0.317 e. The van der Waals surface area contributed by atoms with Gasteiger partial charge < -0.3 is 14.9 Å². The molecule has 88 valence electrons. The molecule has 2 N–H and O–H groups in total. The first-order valence-corrected chi connectivity index (χ1v) is 4.79. The van der Waals surface area contributed by atoms with E-state index in [1.165, 1.54) is 13.2 Å². The fraction of sp³-hybridized carbons (Fsp3) is 0.364. The van der Waals surface area contributed by atoms with Gasteiger partial charge in [-0.25, -0.2) is 0 Å². The summed E-state index contributed by atoms with van der Waals surface area (Å²) in [5.41, 5.74) is 0.671. The normalized spacial score (nSPS) is 10.4. The van der Waals surface area contributed by atoms with Crippen molar-refractivity contribution in [2.45, 2.75) is 6.54 Å². The maximum atomic E-state index is 10.5. The van der Waals surface area contributed by atoms with Crippen LogP contribution in [0.25, 0.3) is 0 Å². The van der Waals surface area contributed by atoms with Gasteiger partial charge in [-0.15, -0.1) is 0 Å². The molecular weight excluding hydrogens is 210 g/mol. The van der Waals surface area contributed by atoms with E-state index in [4.69, 9.17) is 9.84 Å². The van der Waals surface area contributed by atoms with Crippen molar-refractivity contribution in [1.82, 2.24) is 4.90 Å². The Bertz CT molecular complexity index is 378. The van der Waals surface area contributed by atoms with Gasteiger partial charge in [0, 0.05) is 18.2 Å². The number of nitrogens with zero attached hydrogens (tertiary/aromatic N) is 1. The molecule has 0 amide bonds. The number of carboxylic acid groups (broad SMARTS) is 1. The van der Waals surface area contributed by atoms with Crippen LogP contribution >= 0.6 is 0 Å². The molecule has 0 aromatic heterocycles. The Balaban J connectivity index is 2.70. The van der Waals surface area contributed by atoms with E-state index >= 15 is 0 Å². The second kappa shape index (κ2) is 5.37. The van der Waals surface area contributed by atoms with Crippen molar-refractivity contribution in [3.8, 4) is 11.5 Å². The largest absolute Gasteiger partial charge is 0.507 e. The lowest BCUT2D eigenvalue weighted by atomic mass is 10.2. The third-order valence-electron chi connectivity index (χ3n) is 2.14. The van der Waals surface area contributed by atoms with E-state index in [2.05, 4.69) is 0 Å². The average Bonchev–Trinajstić information content (AvgIpc) is 2.19. The maximum absolute atomic E-state index is 10.5. The summed E-state index contributed by atoms with van der Waals surface area (Å²) in [6.07, 6.45) is 0. The minimum atomic E-state index is -0.893. The van der Waals surface area contributed by atoms with Gasteiger partial charge in [0.15, 0.2) is 0 Å². The third kappa shape index (κ3) is 3.43. The average molecular weight is 225 g/mol. The number of hydrogen-bond acceptors (Lipinski definition) is 4. The summed E-state index contributed by atoms with van der Waals surface area (Å²) >= 11 is 0. The van der Waals surface area contributed by atoms with E-state index in [-0.39, 0.29) is 12.3 Å². The number of methoxy groups -OCH3 is 1. The minimum Gasteiger partial charge on any atom is -0.507 e. The van der Waals surface area contributed by atoms with Gasteiger partial charge in [0.1, 0.15) is 11.5 Å². The van der Waals surface area contributed by atoms with Crippen molar-refractivity contribution in [1.29, 1.82) is 0 Å². The second-order valence-electron chi connectivity index (χ2n) is 3.56. The van der Waals surface area contributed by atoms with Gasteiger partial charge in [0.2, 0.25) is 0 Å². The number of hydrogen-bond donors (Lipinski definition) is 2. The topological polar surface area (TPSA) is 70.0 Å². The van der Waals surface area contributed by atoms with Gasteiger partial charge in [-0.05, 0) is 13.1 Å². The summed E-state index contributed by atoms with van der Waals surface area (Å²) in [5, 5.41) is 18.2. The zero-order chi connectivity index (χ0) is 12.1. The van der Waals surface area contributed by atoms with Gasteiger partial charge in [0.25, 0.3) is 0 Å². The number of aliphatic carboxylic acids is 1. The summed E-state index contributed by atoms with van der Waals surface area (Å²) in [6, 6.07) is 4.94. The van der Waals surface area contributed by atoms with E-state index in [9.17, 15) is 9.90 Å². The Morgan fingerprint density at radius 3 is 2.69 bits per heavy atom. The predicted octanol–water partition coefficient (Wildman–Crippen LogP) is 0.917. The van der Waals surface area contributed by atoms with Gasteiger partial charge in [-0.1, -0.05) is 6.07 Å². The molecule has 1 rings (SSSR count).